The number of aromatic nitrogens is 3. The molecule has 6 nitrogen and oxygen atoms in total. The zero-order valence-electron chi connectivity index (χ0n) is 13.5. The van der Waals surface area contributed by atoms with Crippen LogP contribution in [0.4, 0.5) is 20.5 Å². The fourth-order valence-corrected chi connectivity index (χ4v) is 3.31. The second-order valence-corrected chi connectivity index (χ2v) is 6.85. The van der Waals surface area contributed by atoms with Crippen molar-refractivity contribution in [1.29, 1.82) is 0 Å². The summed E-state index contributed by atoms with van der Waals surface area (Å²) in [4.78, 5) is 12.4. The zero-order chi connectivity index (χ0) is 17.8. The molecule has 1 aliphatic carbocycles. The molecule has 2 N–H and O–H groups in total. The minimum Gasteiger partial charge on any atom is -0.432 e. The molecule has 1 aliphatic rings. The second-order valence-electron chi connectivity index (χ2n) is 5.94. The number of aryl methyl sites for hydroxylation is 1. The highest BCUT2D eigenvalue weighted by Crippen LogP contribution is 2.26. The fourth-order valence-electron chi connectivity index (χ4n) is 2.87. The molecule has 1 fully saturated rings. The molecule has 25 heavy (non-hydrogen) atoms. The maximum atomic E-state index is 12.1. The van der Waals surface area contributed by atoms with Crippen LogP contribution in [0.15, 0.2) is 29.1 Å². The predicted octanol–water partition coefficient (Wildman–Crippen LogP) is 3.99. The fraction of sp³-hybridized carbons (Fsp3) is 0.438. The van der Waals surface area contributed by atoms with Crippen molar-refractivity contribution < 1.29 is 13.5 Å². The van der Waals surface area contributed by atoms with E-state index in [1.54, 1.807) is 6.20 Å². The van der Waals surface area contributed by atoms with Gasteiger partial charge in [0.05, 0.1) is 12.4 Å². The summed E-state index contributed by atoms with van der Waals surface area (Å²) in [6.45, 7) is -0.860. The van der Waals surface area contributed by atoms with Crippen molar-refractivity contribution in [3.63, 3.8) is 0 Å². The first kappa shape index (κ1) is 17.8. The van der Waals surface area contributed by atoms with E-state index < -0.39 is 6.61 Å². The number of nitrogens with zero attached hydrogens (tertiary/aromatic N) is 3. The molecule has 0 spiro atoms. The van der Waals surface area contributed by atoms with Crippen molar-refractivity contribution >= 4 is 27.7 Å². The van der Waals surface area contributed by atoms with Gasteiger partial charge in [-0.3, -0.25) is 0 Å². The molecule has 0 unspecified atom stereocenters. The first-order chi connectivity index (χ1) is 12.0. The monoisotopic (exact) mass is 413 g/mol. The molecule has 2 aromatic rings. The molecule has 0 amide bonds. The Bertz CT molecular complexity index is 716. The molecule has 0 saturated heterocycles. The van der Waals surface area contributed by atoms with Gasteiger partial charge in [0.2, 0.25) is 5.95 Å². The summed E-state index contributed by atoms with van der Waals surface area (Å²) in [6.07, 6.45) is 7.11. The summed E-state index contributed by atoms with van der Waals surface area (Å²) in [5.41, 5.74) is 1.09. The summed E-state index contributed by atoms with van der Waals surface area (Å²) in [6, 6.07) is 2.55. The molecule has 2 aromatic heterocycles. The van der Waals surface area contributed by atoms with E-state index in [0.29, 0.717) is 12.0 Å². The molecule has 9 heteroatoms. The van der Waals surface area contributed by atoms with Crippen LogP contribution in [-0.4, -0.2) is 33.6 Å². The third-order valence-corrected chi connectivity index (χ3v) is 4.44. The Labute approximate surface area is 152 Å². The summed E-state index contributed by atoms with van der Waals surface area (Å²) in [5.74, 6) is 1.24. The molecule has 1 saturated carbocycles. The van der Waals surface area contributed by atoms with Gasteiger partial charge < -0.3 is 15.4 Å². The smallest absolute Gasteiger partial charge is 0.387 e. The van der Waals surface area contributed by atoms with Crippen molar-refractivity contribution in [2.24, 2.45) is 0 Å². The summed E-state index contributed by atoms with van der Waals surface area (Å²) in [5, 5.41) is 6.69. The number of alkyl halides is 2. The minimum absolute atomic E-state index is 0.0525. The Hall–Kier alpha value is -2.03. The highest BCUT2D eigenvalue weighted by Gasteiger charge is 2.25. The average Bonchev–Trinajstić information content (AvgIpc) is 2.99. The van der Waals surface area contributed by atoms with Gasteiger partial charge in [0.15, 0.2) is 5.75 Å². The van der Waals surface area contributed by atoms with Gasteiger partial charge in [-0.1, -0.05) is 0 Å². The predicted molar refractivity (Wildman–Crippen MR) is 94.0 cm³/mol. The molecule has 2 atom stereocenters. The number of nitrogens with one attached hydrogen (secondary N) is 2. The third kappa shape index (κ3) is 4.97. The highest BCUT2D eigenvalue weighted by atomic mass is 79.9. The lowest BCUT2D eigenvalue weighted by atomic mass is 10.2. The van der Waals surface area contributed by atoms with E-state index in [9.17, 15) is 8.78 Å². The summed E-state index contributed by atoms with van der Waals surface area (Å²) < 4.78 is 29.4. The second kappa shape index (κ2) is 7.90. The molecule has 134 valence electrons. The quantitative estimate of drug-likeness (QED) is 0.745. The van der Waals surface area contributed by atoms with Gasteiger partial charge in [0.1, 0.15) is 5.82 Å². The molecule has 2 heterocycles. The van der Waals surface area contributed by atoms with E-state index in [1.807, 2.05) is 13.0 Å². The van der Waals surface area contributed by atoms with Gasteiger partial charge in [-0.25, -0.2) is 15.0 Å². The first-order valence-electron chi connectivity index (χ1n) is 7.91. The third-order valence-electron chi connectivity index (χ3n) is 4.00. The van der Waals surface area contributed by atoms with Gasteiger partial charge in [-0.2, -0.15) is 8.78 Å². The van der Waals surface area contributed by atoms with Crippen molar-refractivity contribution in [2.45, 2.75) is 44.9 Å². The van der Waals surface area contributed by atoms with Gasteiger partial charge in [0, 0.05) is 22.8 Å². The normalized spacial score (nSPS) is 19.9. The van der Waals surface area contributed by atoms with Crippen molar-refractivity contribution in [3.8, 4) is 5.75 Å². The van der Waals surface area contributed by atoms with Crippen LogP contribution in [0, 0.1) is 6.92 Å². The van der Waals surface area contributed by atoms with Gasteiger partial charge in [-0.05, 0) is 53.7 Å². The first-order valence-corrected chi connectivity index (χ1v) is 8.71. The summed E-state index contributed by atoms with van der Waals surface area (Å²) in [7, 11) is 0. The van der Waals surface area contributed by atoms with Crippen molar-refractivity contribution in [2.75, 3.05) is 10.6 Å². The lowest BCUT2D eigenvalue weighted by molar-refractivity contribution is -0.0503. The SMILES string of the molecule is Cc1cc(Br)cnc1N[C@H]1CC[C@H](Nc2ncc(OC(F)F)cn2)C1. The van der Waals surface area contributed by atoms with E-state index in [2.05, 4.69) is 46.3 Å². The molecular weight excluding hydrogens is 396 g/mol. The van der Waals surface area contributed by atoms with E-state index in [-0.39, 0.29) is 11.8 Å². The Balaban J connectivity index is 1.52. The van der Waals surface area contributed by atoms with Gasteiger partial charge in [0.25, 0.3) is 0 Å². The number of halogens is 3. The number of hydrogen-bond donors (Lipinski definition) is 2. The van der Waals surface area contributed by atoms with Crippen LogP contribution >= 0.6 is 15.9 Å². The zero-order valence-corrected chi connectivity index (χ0v) is 15.1. The Morgan fingerprint density at radius 1 is 1.12 bits per heavy atom. The van der Waals surface area contributed by atoms with Crippen LogP contribution in [0.3, 0.4) is 0 Å². The van der Waals surface area contributed by atoms with E-state index in [4.69, 9.17) is 0 Å². The number of hydrogen-bond acceptors (Lipinski definition) is 6. The van der Waals surface area contributed by atoms with Crippen LogP contribution in [0.25, 0.3) is 0 Å². The lowest BCUT2D eigenvalue weighted by Crippen LogP contribution is -2.22. The van der Waals surface area contributed by atoms with Crippen LogP contribution in [0.2, 0.25) is 0 Å². The van der Waals surface area contributed by atoms with Crippen molar-refractivity contribution in [3.05, 3.63) is 34.7 Å². The Morgan fingerprint density at radius 3 is 2.44 bits per heavy atom. The van der Waals surface area contributed by atoms with Gasteiger partial charge in [-0.15, -0.1) is 0 Å². The number of ether oxygens (including phenoxy) is 1. The Morgan fingerprint density at radius 2 is 1.80 bits per heavy atom. The molecule has 0 bridgehead atoms. The summed E-state index contributed by atoms with van der Waals surface area (Å²) >= 11 is 3.41. The lowest BCUT2D eigenvalue weighted by Gasteiger charge is -2.16. The van der Waals surface area contributed by atoms with Crippen LogP contribution in [0.5, 0.6) is 5.75 Å². The largest absolute Gasteiger partial charge is 0.432 e. The molecule has 3 rings (SSSR count). The van der Waals surface area contributed by atoms with E-state index in [1.165, 1.54) is 12.4 Å². The standard InChI is InChI=1S/C16H18BrF2N5O/c1-9-4-10(17)6-20-14(9)23-11-2-3-12(5-11)24-16-21-7-13(8-22-16)25-15(18)19/h4,6-8,11-12,15H,2-3,5H2,1H3,(H,20,23)(H,21,22,24)/t11-,12-/m0/s1. The molecular formula is C16H18BrF2N5O. The Kier molecular flexibility index (Phi) is 5.62. The minimum atomic E-state index is -2.88. The van der Waals surface area contributed by atoms with E-state index in [0.717, 1.165) is 35.1 Å². The van der Waals surface area contributed by atoms with Gasteiger partial charge >= 0.3 is 6.61 Å². The average molecular weight is 414 g/mol. The van der Waals surface area contributed by atoms with Crippen LogP contribution < -0.4 is 15.4 Å². The molecule has 0 radical (unpaired) electrons. The van der Waals surface area contributed by atoms with Crippen LogP contribution in [0.1, 0.15) is 24.8 Å². The number of anilines is 2. The van der Waals surface area contributed by atoms with E-state index >= 15 is 0 Å². The maximum absolute atomic E-state index is 12.1. The number of pyridine rings is 1. The molecule has 0 aliphatic heterocycles. The highest BCUT2D eigenvalue weighted by molar-refractivity contribution is 9.10. The maximum Gasteiger partial charge on any atom is 0.387 e. The number of rotatable bonds is 6. The van der Waals surface area contributed by atoms with Crippen molar-refractivity contribution in [1.82, 2.24) is 15.0 Å². The topological polar surface area (TPSA) is 72.0 Å². The molecule has 0 aromatic carbocycles. The van der Waals surface area contributed by atoms with Crippen LogP contribution in [-0.2, 0) is 0 Å².